The average molecular weight is 1750 g/mol. The van der Waals surface area contributed by atoms with Crippen LogP contribution in [0.2, 0.25) is 0 Å². The van der Waals surface area contributed by atoms with Gasteiger partial charge in [0.1, 0.15) is 80.6 Å². The number of nitrogens with one attached hydrogen (secondary N) is 4. The molecule has 0 saturated heterocycles. The summed E-state index contributed by atoms with van der Waals surface area (Å²) in [7, 11) is 12.8. The number of aromatic nitrogens is 2. The van der Waals surface area contributed by atoms with E-state index in [0.717, 1.165) is 46.5 Å². The number of nitro benzene ring substituents is 2. The molecule has 0 spiro atoms. The van der Waals surface area contributed by atoms with Crippen molar-refractivity contribution in [1.82, 2.24) is 9.97 Å². The SMILES string of the molecule is CC1(C)OC(=O)Nc2cccc(O)c21.CCN1c2ncc(CCOc3cccc4c3C(C)(C)OC(=O)N4)cc2C(=O)N(C)c2cccnc21.COC(=O)c1c(N)cccc1OC.COC(=O)c1c(NC(=O)OCc2ccccc2)cccc1OC.COC(=O)c1c(OC)cccc1[N+](=O)[O-].COc1cccc([N+](=O)[O-])c1C.COc1cccc2c1C(C)(C)OC(=O)N2. The molecule has 6 heterocycles. The Bertz CT molecular complexity index is 5690. The Morgan fingerprint density at radius 1 is 0.520 bits per heavy atom. The van der Waals surface area contributed by atoms with Crippen molar-refractivity contribution in [3.63, 3.8) is 0 Å². The molecule has 4 aliphatic heterocycles. The van der Waals surface area contributed by atoms with Crippen LogP contribution in [0.1, 0.15) is 123 Å². The highest BCUT2D eigenvalue weighted by atomic mass is 16.6. The molecule has 14 rings (SSSR count). The third-order valence-electron chi connectivity index (χ3n) is 19.2. The molecule has 5 amide bonds. The van der Waals surface area contributed by atoms with E-state index in [-0.39, 0.29) is 57.8 Å². The topological polar surface area (TPSA) is 469 Å². The zero-order valence-electron chi connectivity index (χ0n) is 72.6. The Kier molecular flexibility index (Phi) is 33.2. The number of nitro groups is 2. The lowest BCUT2D eigenvalue weighted by atomic mass is 9.94. The number of nitrogens with two attached hydrogens (primary N) is 1. The number of rotatable bonds is 18. The zero-order valence-corrected chi connectivity index (χ0v) is 72.6. The van der Waals surface area contributed by atoms with Gasteiger partial charge in [-0.3, -0.25) is 46.3 Å². The van der Waals surface area contributed by atoms with Crippen LogP contribution in [0.5, 0.6) is 40.2 Å². The van der Waals surface area contributed by atoms with Crippen molar-refractivity contribution in [1.29, 1.82) is 0 Å². The molecule has 7 N–H and O–H groups in total. The number of nitrogens with zero attached hydrogens (tertiary/aromatic N) is 6. The van der Waals surface area contributed by atoms with Crippen LogP contribution in [-0.4, -0.2) is 150 Å². The van der Waals surface area contributed by atoms with Crippen molar-refractivity contribution < 1.29 is 115 Å². The van der Waals surface area contributed by atoms with E-state index in [1.807, 2.05) is 124 Å². The molecule has 2 aromatic heterocycles. The minimum absolute atomic E-state index is 0.0920. The number of anilines is 8. The van der Waals surface area contributed by atoms with E-state index in [9.17, 15) is 63.7 Å². The van der Waals surface area contributed by atoms with Crippen molar-refractivity contribution in [3.8, 4) is 40.2 Å². The summed E-state index contributed by atoms with van der Waals surface area (Å²) in [6.45, 7) is 15.6. The number of pyridine rings is 2. The van der Waals surface area contributed by atoms with E-state index in [0.29, 0.717) is 88.0 Å². The van der Waals surface area contributed by atoms with Crippen LogP contribution in [0.25, 0.3) is 0 Å². The molecule has 668 valence electrons. The van der Waals surface area contributed by atoms with Gasteiger partial charge < -0.3 is 82.2 Å². The second-order valence-electron chi connectivity index (χ2n) is 28.5. The first-order valence-corrected chi connectivity index (χ1v) is 38.7. The molecule has 0 unspecified atom stereocenters. The van der Waals surface area contributed by atoms with Gasteiger partial charge in [0.15, 0.2) is 11.4 Å². The maximum atomic E-state index is 13.3. The van der Waals surface area contributed by atoms with Gasteiger partial charge in [-0.2, -0.15) is 0 Å². The summed E-state index contributed by atoms with van der Waals surface area (Å²) >= 11 is 0. The van der Waals surface area contributed by atoms with Crippen molar-refractivity contribution >= 4 is 105 Å². The minimum atomic E-state index is -0.816. The number of carbonyl (C=O) groups excluding carboxylic acids is 8. The Morgan fingerprint density at radius 3 is 1.52 bits per heavy atom. The fourth-order valence-corrected chi connectivity index (χ4v) is 13.4. The highest BCUT2D eigenvalue weighted by Crippen LogP contribution is 2.45. The first-order chi connectivity index (χ1) is 60.5. The number of nitrogen functional groups attached to an aromatic ring is 1. The van der Waals surface area contributed by atoms with Gasteiger partial charge >= 0.3 is 42.3 Å². The van der Waals surface area contributed by atoms with Crippen LogP contribution in [0.3, 0.4) is 0 Å². The maximum Gasteiger partial charge on any atom is 0.412 e. The van der Waals surface area contributed by atoms with E-state index in [1.165, 1.54) is 66.9 Å². The van der Waals surface area contributed by atoms with Crippen LogP contribution >= 0.6 is 0 Å². The smallest absolute Gasteiger partial charge is 0.412 e. The van der Waals surface area contributed by atoms with Crippen molar-refractivity contribution in [2.75, 3.05) is 114 Å². The Morgan fingerprint density at radius 2 is 0.976 bits per heavy atom. The van der Waals surface area contributed by atoms with Crippen molar-refractivity contribution in [3.05, 3.63) is 264 Å². The summed E-state index contributed by atoms with van der Waals surface area (Å²) in [4.78, 5) is 127. The molecule has 8 aromatic carbocycles. The van der Waals surface area contributed by atoms with E-state index >= 15 is 0 Å². The molecule has 4 aliphatic rings. The summed E-state index contributed by atoms with van der Waals surface area (Å²) < 4.78 is 65.8. The lowest BCUT2D eigenvalue weighted by molar-refractivity contribution is -0.385. The first-order valence-electron chi connectivity index (χ1n) is 38.7. The van der Waals surface area contributed by atoms with Gasteiger partial charge in [-0.1, -0.05) is 72.8 Å². The van der Waals surface area contributed by atoms with E-state index in [4.69, 9.17) is 57.8 Å². The number of benzene rings is 8. The van der Waals surface area contributed by atoms with Gasteiger partial charge in [-0.15, -0.1) is 0 Å². The molecule has 0 fully saturated rings. The standard InChI is InChI=1S/C26H27N5O4.C17H17NO5.C11H13NO3.C10H11NO3.C9H9NO5.C9H11NO3.C8H9NO3/c1-5-31-22-17(24(32)30(4)19-9-7-12-27-23(19)31)14-16(15-28-22)11-13-34-20-10-6-8-18-21(20)26(2,3)35-25(33)29-18;1-21-14-10-6-9-13(15(14)16(19)22-2)18-17(20)23-11-12-7-4-3-5-8-12;1-11(2)9-7(12-10(13)15-11)5-4-6-8(9)14-3;1-10(2)8-6(11-9(13)14-10)4-3-5-7(8)12;1-14-7-5-3-4-6(10(12)13)8(7)9(11)15-2;1-12-7-5-3-4-6(10)8(7)9(11)13-2;1-6-7(9(10)11)4-3-5-8(6)12-2/h6-10,12,14-15H,5,11,13H2,1-4H3,(H,29,33);3-10H,11H2,1-2H3,(H,18,20);4-6H,1-3H3,(H,12,13);3-5,12H,1-2H3,(H,11,13);3-5H,1-2H3;3-5H,10H2,1-2H3;3-5H,1-2H3. The molecule has 0 saturated carbocycles. The molecule has 37 nitrogen and oxygen atoms in total. The molecule has 0 aliphatic carbocycles. The van der Waals surface area contributed by atoms with E-state index in [1.54, 1.807) is 119 Å². The molecule has 10 aromatic rings. The number of hydrogen-bond acceptors (Lipinski definition) is 30. The fourth-order valence-electron chi connectivity index (χ4n) is 13.4. The second-order valence-corrected chi connectivity index (χ2v) is 28.5. The summed E-state index contributed by atoms with van der Waals surface area (Å²) in [5.74, 6) is 2.17. The quantitative estimate of drug-likeness (QED) is 0.0153. The van der Waals surface area contributed by atoms with Gasteiger partial charge in [-0.05, 0) is 158 Å². The highest BCUT2D eigenvalue weighted by molar-refractivity contribution is 6.13. The number of phenols is 1. The fraction of sp³-hybridized carbons (Fsp3) is 0.267. The van der Waals surface area contributed by atoms with Crippen LogP contribution < -0.4 is 65.2 Å². The number of hydrogen-bond donors (Lipinski definition) is 6. The van der Waals surface area contributed by atoms with Crippen molar-refractivity contribution in [2.24, 2.45) is 0 Å². The maximum absolute atomic E-state index is 13.3. The lowest BCUT2D eigenvalue weighted by Gasteiger charge is -2.33. The third-order valence-corrected chi connectivity index (χ3v) is 19.2. The summed E-state index contributed by atoms with van der Waals surface area (Å²) in [5, 5.41) is 41.2. The van der Waals surface area contributed by atoms with Crippen LogP contribution in [0.4, 0.5) is 76.3 Å². The first kappa shape index (κ1) is 96.5. The number of ether oxygens (including phenoxy) is 13. The summed E-state index contributed by atoms with van der Waals surface area (Å²) in [6.07, 6.45) is 1.97. The Labute approximate surface area is 730 Å². The van der Waals surface area contributed by atoms with Gasteiger partial charge in [0, 0.05) is 50.2 Å². The highest BCUT2D eigenvalue weighted by Gasteiger charge is 2.40. The Hall–Kier alpha value is -16.0. The van der Waals surface area contributed by atoms with Gasteiger partial charge in [-0.25, -0.2) is 43.5 Å². The third kappa shape index (κ3) is 23.8. The molecule has 127 heavy (non-hydrogen) atoms. The Balaban J connectivity index is 0.000000191. The molecule has 0 atom stereocenters. The number of esters is 3. The monoisotopic (exact) mass is 1750 g/mol. The number of carbonyl (C=O) groups is 8. The predicted octanol–water partition coefficient (Wildman–Crippen LogP) is 16.9. The largest absolute Gasteiger partial charge is 0.507 e. The molecular formula is C90H97N11O26. The van der Waals surface area contributed by atoms with E-state index in [2.05, 4.69) is 40.7 Å². The molecule has 0 radical (unpaired) electrons. The summed E-state index contributed by atoms with van der Waals surface area (Å²) in [6, 6.07) is 49.6. The number of fused-ring (bicyclic) bond motifs is 5. The minimum Gasteiger partial charge on any atom is -0.507 e. The van der Waals surface area contributed by atoms with Crippen LogP contribution in [0.15, 0.2) is 188 Å². The molecule has 0 bridgehead atoms. The average Bonchev–Trinajstić information content (AvgIpc) is 1.76. The number of amides is 5. The zero-order chi connectivity index (χ0) is 93.2. The second kappa shape index (κ2) is 43.7. The van der Waals surface area contributed by atoms with Gasteiger partial charge in [0.25, 0.3) is 17.3 Å². The van der Waals surface area contributed by atoms with Crippen LogP contribution in [0, 0.1) is 27.2 Å². The number of aromatic hydroxyl groups is 1. The summed E-state index contributed by atoms with van der Waals surface area (Å²) in [5.41, 5.74) is 11.8. The number of phenolic OH excluding ortho intramolecular Hbond substituents is 1. The predicted molar refractivity (Wildman–Crippen MR) is 469 cm³/mol. The lowest BCUT2D eigenvalue weighted by Crippen LogP contribution is -2.35. The van der Waals surface area contributed by atoms with Crippen molar-refractivity contribution in [2.45, 2.75) is 85.2 Å². The number of cyclic esters (lactones) is 3. The van der Waals surface area contributed by atoms with Gasteiger partial charge in [0.05, 0.1) is 130 Å². The molecular weight excluding hydrogens is 1650 g/mol. The molecule has 37 heteroatoms. The van der Waals surface area contributed by atoms with Gasteiger partial charge in [0.2, 0.25) is 0 Å². The van der Waals surface area contributed by atoms with Crippen LogP contribution in [-0.2, 0) is 63.0 Å². The normalized spacial score (nSPS) is 13.2. The number of methoxy groups -OCH3 is 8. The van der Waals surface area contributed by atoms with E-state index < -0.39 is 68.9 Å².